The summed E-state index contributed by atoms with van der Waals surface area (Å²) in [7, 11) is 3.31. The summed E-state index contributed by atoms with van der Waals surface area (Å²) in [5.74, 6) is 3.90. The van der Waals surface area contributed by atoms with Crippen molar-refractivity contribution in [2.45, 2.75) is 32.9 Å². The van der Waals surface area contributed by atoms with Crippen molar-refractivity contribution >= 4 is 27.7 Å². The Morgan fingerprint density at radius 2 is 2.05 bits per heavy atom. The molecule has 0 radical (unpaired) electrons. The normalized spacial score (nSPS) is 12.2. The van der Waals surface area contributed by atoms with Crippen LogP contribution in [-0.2, 0) is 6.54 Å². The Bertz CT molecular complexity index is 415. The molecule has 0 bridgehead atoms. The number of thioether (sulfide) groups is 1. The number of ether oxygens (including phenoxy) is 2. The van der Waals surface area contributed by atoms with Gasteiger partial charge in [-0.15, -0.1) is 0 Å². The number of rotatable bonds is 9. The van der Waals surface area contributed by atoms with Crippen molar-refractivity contribution in [1.82, 2.24) is 5.32 Å². The predicted octanol–water partition coefficient (Wildman–Crippen LogP) is 4.09. The van der Waals surface area contributed by atoms with Gasteiger partial charge in [0.2, 0.25) is 0 Å². The van der Waals surface area contributed by atoms with Gasteiger partial charge in [0, 0.05) is 12.6 Å². The third-order valence-electron chi connectivity index (χ3n) is 3.05. The third-order valence-corrected chi connectivity index (χ3v) is 4.57. The van der Waals surface area contributed by atoms with Crippen molar-refractivity contribution < 1.29 is 9.47 Å². The minimum Gasteiger partial charge on any atom is -0.493 e. The molecule has 1 atom stereocenters. The first kappa shape index (κ1) is 17.7. The van der Waals surface area contributed by atoms with Gasteiger partial charge in [0.25, 0.3) is 0 Å². The maximum absolute atomic E-state index is 5.36. The molecular weight excluding hydrogens is 338 g/mol. The predicted molar refractivity (Wildman–Crippen MR) is 91.2 cm³/mol. The van der Waals surface area contributed by atoms with Crippen LogP contribution in [0.25, 0.3) is 0 Å². The van der Waals surface area contributed by atoms with Crippen molar-refractivity contribution in [1.29, 1.82) is 0 Å². The Kier molecular flexibility index (Phi) is 8.41. The lowest BCUT2D eigenvalue weighted by atomic mass is 10.1. The summed E-state index contributed by atoms with van der Waals surface area (Å²) in [4.78, 5) is 0. The van der Waals surface area contributed by atoms with Gasteiger partial charge in [-0.1, -0.05) is 6.92 Å². The van der Waals surface area contributed by atoms with Gasteiger partial charge in [-0.2, -0.15) is 11.8 Å². The fourth-order valence-electron chi connectivity index (χ4n) is 1.87. The molecule has 1 rings (SSSR count). The second-order valence-electron chi connectivity index (χ2n) is 4.58. The molecule has 0 amide bonds. The Labute approximate surface area is 134 Å². The number of halogens is 1. The van der Waals surface area contributed by atoms with Crippen LogP contribution in [0.5, 0.6) is 11.5 Å². The third kappa shape index (κ3) is 5.54. The first-order valence-electron chi connectivity index (χ1n) is 6.83. The van der Waals surface area contributed by atoms with E-state index in [1.54, 1.807) is 14.2 Å². The smallest absolute Gasteiger partial charge is 0.174 e. The summed E-state index contributed by atoms with van der Waals surface area (Å²) in [6, 6.07) is 4.60. The van der Waals surface area contributed by atoms with E-state index in [2.05, 4.69) is 41.2 Å². The van der Waals surface area contributed by atoms with E-state index >= 15 is 0 Å². The lowest BCUT2D eigenvalue weighted by molar-refractivity contribution is 0.352. The van der Waals surface area contributed by atoms with E-state index in [9.17, 15) is 0 Å². The Morgan fingerprint density at radius 1 is 1.30 bits per heavy atom. The topological polar surface area (TPSA) is 30.5 Å². The van der Waals surface area contributed by atoms with Gasteiger partial charge in [-0.25, -0.2) is 0 Å². The summed E-state index contributed by atoms with van der Waals surface area (Å²) in [6.07, 6.45) is 1.19. The zero-order chi connectivity index (χ0) is 15.0. The van der Waals surface area contributed by atoms with Crippen LogP contribution in [0.1, 0.15) is 25.8 Å². The molecule has 1 N–H and O–H groups in total. The highest BCUT2D eigenvalue weighted by molar-refractivity contribution is 9.10. The number of nitrogens with one attached hydrogen (secondary N) is 1. The molecule has 0 heterocycles. The molecule has 0 aliphatic heterocycles. The van der Waals surface area contributed by atoms with E-state index in [0.29, 0.717) is 6.04 Å². The fourth-order valence-corrected chi connectivity index (χ4v) is 3.33. The molecule has 3 nitrogen and oxygen atoms in total. The highest BCUT2D eigenvalue weighted by Crippen LogP contribution is 2.36. The molecular formula is C15H24BrNO2S. The lowest BCUT2D eigenvalue weighted by Crippen LogP contribution is -2.26. The average molecular weight is 362 g/mol. The van der Waals surface area contributed by atoms with Crippen molar-refractivity contribution in [2.24, 2.45) is 0 Å². The van der Waals surface area contributed by atoms with E-state index in [-0.39, 0.29) is 0 Å². The van der Waals surface area contributed by atoms with E-state index in [1.807, 2.05) is 17.8 Å². The van der Waals surface area contributed by atoms with Crippen LogP contribution in [0.4, 0.5) is 0 Å². The summed E-state index contributed by atoms with van der Waals surface area (Å²) < 4.78 is 11.6. The molecule has 1 unspecified atom stereocenters. The molecule has 20 heavy (non-hydrogen) atoms. The Balaban J connectivity index is 2.58. The van der Waals surface area contributed by atoms with Crippen molar-refractivity contribution in [2.75, 3.05) is 25.7 Å². The number of hydrogen-bond acceptors (Lipinski definition) is 4. The van der Waals surface area contributed by atoms with Crippen LogP contribution in [-0.4, -0.2) is 31.8 Å². The largest absolute Gasteiger partial charge is 0.493 e. The molecule has 1 aromatic carbocycles. The lowest BCUT2D eigenvalue weighted by Gasteiger charge is -2.15. The quantitative estimate of drug-likeness (QED) is 0.671. The first-order valence-corrected chi connectivity index (χ1v) is 8.78. The van der Waals surface area contributed by atoms with Gasteiger partial charge in [-0.3, -0.25) is 0 Å². The second-order valence-corrected chi connectivity index (χ2v) is 6.83. The van der Waals surface area contributed by atoms with Gasteiger partial charge in [0.15, 0.2) is 11.5 Å². The number of hydrogen-bond donors (Lipinski definition) is 1. The van der Waals surface area contributed by atoms with E-state index in [0.717, 1.165) is 22.5 Å². The van der Waals surface area contributed by atoms with Crippen LogP contribution in [0.15, 0.2) is 16.6 Å². The monoisotopic (exact) mass is 361 g/mol. The minimum absolute atomic E-state index is 0.515. The maximum atomic E-state index is 5.36. The van der Waals surface area contributed by atoms with E-state index < -0.39 is 0 Å². The van der Waals surface area contributed by atoms with Gasteiger partial charge >= 0.3 is 0 Å². The molecule has 5 heteroatoms. The van der Waals surface area contributed by atoms with Gasteiger partial charge in [-0.05, 0) is 58.5 Å². The van der Waals surface area contributed by atoms with Crippen molar-refractivity contribution in [3.63, 3.8) is 0 Å². The van der Waals surface area contributed by atoms with Crippen LogP contribution in [0, 0.1) is 0 Å². The fraction of sp³-hybridized carbons (Fsp3) is 0.600. The average Bonchev–Trinajstić information content (AvgIpc) is 2.44. The highest BCUT2D eigenvalue weighted by atomic mass is 79.9. The second kappa shape index (κ2) is 9.53. The summed E-state index contributed by atoms with van der Waals surface area (Å²) in [5.41, 5.74) is 1.18. The van der Waals surface area contributed by atoms with E-state index in [1.165, 1.54) is 23.5 Å². The molecule has 0 spiro atoms. The van der Waals surface area contributed by atoms with Crippen LogP contribution < -0.4 is 14.8 Å². The molecule has 0 fully saturated rings. The molecule has 0 saturated carbocycles. The Hall–Kier alpha value is -0.390. The van der Waals surface area contributed by atoms with Crippen LogP contribution >= 0.6 is 27.7 Å². The van der Waals surface area contributed by atoms with Gasteiger partial charge < -0.3 is 14.8 Å². The molecule has 0 aromatic heterocycles. The van der Waals surface area contributed by atoms with Gasteiger partial charge in [0.05, 0.1) is 18.7 Å². The zero-order valence-corrected chi connectivity index (χ0v) is 15.1. The Morgan fingerprint density at radius 3 is 2.65 bits per heavy atom. The molecule has 0 aliphatic carbocycles. The highest BCUT2D eigenvalue weighted by Gasteiger charge is 2.11. The summed E-state index contributed by atoms with van der Waals surface area (Å²) in [6.45, 7) is 5.26. The maximum Gasteiger partial charge on any atom is 0.174 e. The zero-order valence-electron chi connectivity index (χ0n) is 12.7. The van der Waals surface area contributed by atoms with Crippen LogP contribution in [0.3, 0.4) is 0 Å². The molecule has 1 aromatic rings. The van der Waals surface area contributed by atoms with Gasteiger partial charge in [0.1, 0.15) is 0 Å². The summed E-state index contributed by atoms with van der Waals surface area (Å²) >= 11 is 5.51. The van der Waals surface area contributed by atoms with Crippen molar-refractivity contribution in [3.05, 3.63) is 22.2 Å². The summed E-state index contributed by atoms with van der Waals surface area (Å²) in [5, 5.41) is 3.54. The van der Waals surface area contributed by atoms with Crippen molar-refractivity contribution in [3.8, 4) is 11.5 Å². The molecule has 0 saturated heterocycles. The number of methoxy groups -OCH3 is 2. The number of benzene rings is 1. The van der Waals surface area contributed by atoms with Crippen LogP contribution in [0.2, 0.25) is 0 Å². The van der Waals surface area contributed by atoms with E-state index in [4.69, 9.17) is 9.47 Å². The molecule has 114 valence electrons. The standard InChI is InChI=1S/C15H24BrNO2S/c1-5-20-7-6-11(2)17-10-12-8-13(16)15(19-4)14(9-12)18-3/h8-9,11,17H,5-7,10H2,1-4H3. The molecule has 0 aliphatic rings. The minimum atomic E-state index is 0.515. The first-order chi connectivity index (χ1) is 9.62. The SMILES string of the molecule is CCSCCC(C)NCc1cc(Br)c(OC)c(OC)c1.